The van der Waals surface area contributed by atoms with Crippen LogP contribution < -0.4 is 10.2 Å². The zero-order valence-corrected chi connectivity index (χ0v) is 18.5. The number of carbonyl (C=O) groups excluding carboxylic acids is 2. The summed E-state index contributed by atoms with van der Waals surface area (Å²) in [5, 5.41) is 8.45. The highest BCUT2D eigenvalue weighted by atomic mass is 16.5. The fourth-order valence-corrected chi connectivity index (χ4v) is 3.81. The summed E-state index contributed by atoms with van der Waals surface area (Å²) in [5.74, 6) is 0.598. The Bertz CT molecular complexity index is 911. The normalized spacial score (nSPS) is 13.1. The van der Waals surface area contributed by atoms with Crippen LogP contribution in [0.5, 0.6) is 5.75 Å². The summed E-state index contributed by atoms with van der Waals surface area (Å²) in [6.07, 6.45) is 9.56. The first kappa shape index (κ1) is 23.5. The Labute approximate surface area is 189 Å². The fourth-order valence-electron chi connectivity index (χ4n) is 3.81. The molecule has 2 amide bonds. The van der Waals surface area contributed by atoms with E-state index in [1.165, 1.54) is 11.1 Å². The van der Waals surface area contributed by atoms with E-state index in [1.54, 1.807) is 11.6 Å². The van der Waals surface area contributed by atoms with E-state index in [0.717, 1.165) is 49.8 Å². The molecule has 0 saturated carbocycles. The maximum atomic E-state index is 12.5. The molecule has 0 bridgehead atoms. The number of hydrogen-bond acceptors (Lipinski definition) is 4. The number of fused-ring (bicyclic) bond motifs is 1. The van der Waals surface area contributed by atoms with Crippen LogP contribution in [0.15, 0.2) is 54.6 Å². The van der Waals surface area contributed by atoms with Crippen LogP contribution in [0.1, 0.15) is 55.2 Å². The maximum Gasteiger partial charge on any atom is 0.246 e. The molecular formula is C26H32N2O4. The summed E-state index contributed by atoms with van der Waals surface area (Å²) >= 11 is 0. The standard InChI is InChI=1S/C26H32N2O4/c29-25(27-31)11-7-2-1-3-8-18-32-24-14-13-23-20-28(17-16-22(23)19-24)26(30)15-12-21-9-5-4-6-10-21/h4-6,9-10,12-15,19,31H,1-3,7-8,11,16-18,20H2,(H,27,29). The van der Waals surface area contributed by atoms with Crippen molar-refractivity contribution >= 4 is 17.9 Å². The lowest BCUT2D eigenvalue weighted by molar-refractivity contribution is -0.129. The number of ether oxygens (including phenoxy) is 1. The van der Waals surface area contributed by atoms with Gasteiger partial charge in [0, 0.05) is 25.6 Å². The first-order chi connectivity index (χ1) is 15.7. The van der Waals surface area contributed by atoms with Crippen LogP contribution in [0, 0.1) is 0 Å². The van der Waals surface area contributed by atoms with Gasteiger partial charge in [0.1, 0.15) is 5.75 Å². The van der Waals surface area contributed by atoms with Gasteiger partial charge in [0.05, 0.1) is 6.61 Å². The van der Waals surface area contributed by atoms with Gasteiger partial charge in [-0.3, -0.25) is 14.8 Å². The molecule has 0 fully saturated rings. The van der Waals surface area contributed by atoms with Crippen LogP contribution in [0.2, 0.25) is 0 Å². The van der Waals surface area contributed by atoms with Crippen LogP contribution in [0.3, 0.4) is 0 Å². The molecule has 0 radical (unpaired) electrons. The lowest BCUT2D eigenvalue weighted by Gasteiger charge is -2.28. The summed E-state index contributed by atoms with van der Waals surface area (Å²) in [7, 11) is 0. The average Bonchev–Trinajstić information content (AvgIpc) is 2.84. The van der Waals surface area contributed by atoms with Crippen LogP contribution in [0.4, 0.5) is 0 Å². The first-order valence-electron chi connectivity index (χ1n) is 11.4. The highest BCUT2D eigenvalue weighted by Crippen LogP contribution is 2.24. The highest BCUT2D eigenvalue weighted by molar-refractivity contribution is 5.91. The number of unbranched alkanes of at least 4 members (excludes halogenated alkanes) is 4. The van der Waals surface area contributed by atoms with E-state index in [-0.39, 0.29) is 11.8 Å². The molecule has 0 aromatic heterocycles. The molecule has 0 unspecified atom stereocenters. The Hall–Kier alpha value is -3.12. The average molecular weight is 437 g/mol. The van der Waals surface area contributed by atoms with Gasteiger partial charge in [0.15, 0.2) is 0 Å². The largest absolute Gasteiger partial charge is 0.494 e. The molecule has 6 heteroatoms. The molecule has 170 valence electrons. The number of nitrogens with one attached hydrogen (secondary N) is 1. The minimum Gasteiger partial charge on any atom is -0.494 e. The monoisotopic (exact) mass is 436 g/mol. The lowest BCUT2D eigenvalue weighted by atomic mass is 9.99. The number of benzene rings is 2. The summed E-state index contributed by atoms with van der Waals surface area (Å²) < 4.78 is 5.91. The van der Waals surface area contributed by atoms with Gasteiger partial charge in [-0.2, -0.15) is 0 Å². The van der Waals surface area contributed by atoms with E-state index in [1.807, 2.05) is 47.4 Å². The zero-order chi connectivity index (χ0) is 22.6. The minimum absolute atomic E-state index is 0.0387. The summed E-state index contributed by atoms with van der Waals surface area (Å²) in [5.41, 5.74) is 5.11. The Balaban J connectivity index is 1.38. The summed E-state index contributed by atoms with van der Waals surface area (Å²) in [4.78, 5) is 25.4. The molecule has 0 aliphatic carbocycles. The fraction of sp³-hybridized carbons (Fsp3) is 0.385. The van der Waals surface area contributed by atoms with Gasteiger partial charge in [-0.1, -0.05) is 55.7 Å². The Morgan fingerprint density at radius 3 is 2.59 bits per heavy atom. The van der Waals surface area contributed by atoms with Gasteiger partial charge in [0.2, 0.25) is 11.8 Å². The molecule has 1 heterocycles. The summed E-state index contributed by atoms with van der Waals surface area (Å²) in [6.45, 7) is 2.01. The van der Waals surface area contributed by atoms with Crippen molar-refractivity contribution in [3.05, 3.63) is 71.3 Å². The minimum atomic E-state index is -0.322. The smallest absolute Gasteiger partial charge is 0.246 e. The molecule has 0 atom stereocenters. The van der Waals surface area contributed by atoms with Crippen molar-refractivity contribution in [3.8, 4) is 5.75 Å². The number of hydroxylamine groups is 1. The molecule has 1 aliphatic heterocycles. The van der Waals surface area contributed by atoms with Crippen LogP contribution in [-0.4, -0.2) is 35.1 Å². The molecule has 3 rings (SSSR count). The second-order valence-electron chi connectivity index (χ2n) is 8.09. The third-order valence-corrected chi connectivity index (χ3v) is 5.66. The highest BCUT2D eigenvalue weighted by Gasteiger charge is 2.19. The van der Waals surface area contributed by atoms with Crippen LogP contribution in [-0.2, 0) is 22.6 Å². The predicted octanol–water partition coefficient (Wildman–Crippen LogP) is 4.51. The third kappa shape index (κ3) is 7.54. The van der Waals surface area contributed by atoms with E-state index < -0.39 is 0 Å². The van der Waals surface area contributed by atoms with Crippen molar-refractivity contribution in [2.45, 2.75) is 51.5 Å². The van der Waals surface area contributed by atoms with E-state index in [9.17, 15) is 9.59 Å². The zero-order valence-electron chi connectivity index (χ0n) is 18.5. The van der Waals surface area contributed by atoms with E-state index >= 15 is 0 Å². The van der Waals surface area contributed by atoms with Gasteiger partial charge in [0.25, 0.3) is 0 Å². The molecule has 0 spiro atoms. The van der Waals surface area contributed by atoms with Gasteiger partial charge >= 0.3 is 0 Å². The molecule has 1 aliphatic rings. The Morgan fingerprint density at radius 2 is 1.78 bits per heavy atom. The van der Waals surface area contributed by atoms with Crippen molar-refractivity contribution in [1.82, 2.24) is 10.4 Å². The van der Waals surface area contributed by atoms with Crippen LogP contribution >= 0.6 is 0 Å². The van der Waals surface area contributed by atoms with E-state index in [2.05, 4.69) is 12.1 Å². The van der Waals surface area contributed by atoms with Crippen molar-refractivity contribution in [1.29, 1.82) is 0 Å². The SMILES string of the molecule is O=C(CCCCCCCOc1ccc2c(c1)CCN(C(=O)C=Cc1ccccc1)C2)NO. The number of nitrogens with zero attached hydrogens (tertiary/aromatic N) is 1. The second-order valence-corrected chi connectivity index (χ2v) is 8.09. The number of carbonyl (C=O) groups is 2. The quantitative estimate of drug-likeness (QED) is 0.235. The van der Waals surface area contributed by atoms with E-state index in [4.69, 9.17) is 9.94 Å². The third-order valence-electron chi connectivity index (χ3n) is 5.66. The second kappa shape index (κ2) is 12.7. The van der Waals surface area contributed by atoms with Gasteiger partial charge in [-0.05, 0) is 54.2 Å². The van der Waals surface area contributed by atoms with Gasteiger partial charge in [-0.25, -0.2) is 5.48 Å². The number of hydrogen-bond donors (Lipinski definition) is 2. The van der Waals surface area contributed by atoms with Crippen molar-refractivity contribution in [2.24, 2.45) is 0 Å². The molecule has 32 heavy (non-hydrogen) atoms. The van der Waals surface area contributed by atoms with Crippen molar-refractivity contribution in [2.75, 3.05) is 13.2 Å². The Morgan fingerprint density at radius 1 is 1.00 bits per heavy atom. The number of amides is 2. The van der Waals surface area contributed by atoms with Gasteiger partial charge in [-0.15, -0.1) is 0 Å². The van der Waals surface area contributed by atoms with Crippen molar-refractivity contribution < 1.29 is 19.5 Å². The maximum absolute atomic E-state index is 12.5. The van der Waals surface area contributed by atoms with E-state index in [0.29, 0.717) is 26.1 Å². The molecule has 0 saturated heterocycles. The lowest BCUT2D eigenvalue weighted by Crippen LogP contribution is -2.34. The summed E-state index contributed by atoms with van der Waals surface area (Å²) in [6, 6.07) is 16.0. The molecule has 2 N–H and O–H groups in total. The topological polar surface area (TPSA) is 78.9 Å². The Kier molecular flexibility index (Phi) is 9.32. The van der Waals surface area contributed by atoms with Gasteiger partial charge < -0.3 is 9.64 Å². The molecule has 2 aromatic rings. The van der Waals surface area contributed by atoms with Crippen molar-refractivity contribution in [3.63, 3.8) is 0 Å². The number of rotatable bonds is 11. The molecule has 6 nitrogen and oxygen atoms in total. The molecular weight excluding hydrogens is 404 g/mol. The first-order valence-corrected chi connectivity index (χ1v) is 11.4. The predicted molar refractivity (Wildman–Crippen MR) is 124 cm³/mol. The molecule has 2 aromatic carbocycles. The van der Waals surface area contributed by atoms with Crippen LogP contribution in [0.25, 0.3) is 6.08 Å².